The van der Waals surface area contributed by atoms with Gasteiger partial charge in [-0.05, 0) is 30.3 Å². The zero-order valence-corrected chi connectivity index (χ0v) is 11.7. The molecule has 0 aliphatic heterocycles. The molecule has 0 saturated carbocycles. The van der Waals surface area contributed by atoms with Crippen LogP contribution in [0.5, 0.6) is 0 Å². The highest BCUT2D eigenvalue weighted by molar-refractivity contribution is 6.42. The van der Waals surface area contributed by atoms with E-state index in [1.165, 1.54) is 12.3 Å². The highest BCUT2D eigenvalue weighted by Gasteiger charge is 2.05. The molecule has 0 spiro atoms. The lowest BCUT2D eigenvalue weighted by atomic mass is 10.3. The maximum atomic E-state index is 11.7. The van der Waals surface area contributed by atoms with Gasteiger partial charge in [-0.1, -0.05) is 34.8 Å². The molecule has 0 fully saturated rings. The molecule has 0 aliphatic rings. The first-order valence-corrected chi connectivity index (χ1v) is 6.32. The third-order valence-corrected chi connectivity index (χ3v) is 3.11. The Hall–Kier alpha value is -1.49. The van der Waals surface area contributed by atoms with Crippen molar-refractivity contribution in [3.63, 3.8) is 0 Å². The maximum absolute atomic E-state index is 11.7. The molecule has 4 nitrogen and oxygen atoms in total. The summed E-state index contributed by atoms with van der Waals surface area (Å²) in [4.78, 5) is 15.5. The van der Waals surface area contributed by atoms with E-state index in [0.29, 0.717) is 26.6 Å². The number of nitrogens with one attached hydrogen (secondary N) is 2. The molecule has 98 valence electrons. The van der Waals surface area contributed by atoms with Crippen LogP contribution in [0.15, 0.2) is 36.5 Å². The molecule has 0 bridgehead atoms. The third kappa shape index (κ3) is 3.99. The molecule has 0 atom stereocenters. The van der Waals surface area contributed by atoms with Crippen LogP contribution in [0.1, 0.15) is 0 Å². The fraction of sp³-hybridized carbons (Fsp3) is 0. The van der Waals surface area contributed by atoms with Gasteiger partial charge in [0.2, 0.25) is 0 Å². The van der Waals surface area contributed by atoms with Crippen molar-refractivity contribution < 1.29 is 4.79 Å². The standard InChI is InChI=1S/C12H8Cl3N3O/c13-9-2-1-7(5-10(9)14)17-12(19)18-8-3-4-16-11(15)6-8/h1-6H,(H2,16,17,18,19). The molecule has 0 unspecified atom stereocenters. The smallest absolute Gasteiger partial charge is 0.308 e. The summed E-state index contributed by atoms with van der Waals surface area (Å²) < 4.78 is 0. The van der Waals surface area contributed by atoms with Crippen LogP contribution in [-0.2, 0) is 0 Å². The van der Waals surface area contributed by atoms with Crippen molar-refractivity contribution in [2.75, 3.05) is 10.6 Å². The molecular weight excluding hydrogens is 309 g/mol. The molecule has 1 heterocycles. The van der Waals surface area contributed by atoms with Gasteiger partial charge in [-0.15, -0.1) is 0 Å². The van der Waals surface area contributed by atoms with Crippen LogP contribution in [0, 0.1) is 0 Å². The van der Waals surface area contributed by atoms with Gasteiger partial charge in [-0.3, -0.25) is 0 Å². The van der Waals surface area contributed by atoms with E-state index in [2.05, 4.69) is 15.6 Å². The Balaban J connectivity index is 2.03. The molecule has 2 N–H and O–H groups in total. The second kappa shape index (κ2) is 6.10. The van der Waals surface area contributed by atoms with Crippen molar-refractivity contribution in [1.29, 1.82) is 0 Å². The number of pyridine rings is 1. The Bertz CT molecular complexity index is 619. The predicted molar refractivity (Wildman–Crippen MR) is 78.4 cm³/mol. The lowest BCUT2D eigenvalue weighted by Crippen LogP contribution is -2.19. The van der Waals surface area contributed by atoms with Crippen molar-refractivity contribution in [3.05, 3.63) is 51.7 Å². The van der Waals surface area contributed by atoms with Crippen LogP contribution in [-0.4, -0.2) is 11.0 Å². The summed E-state index contributed by atoms with van der Waals surface area (Å²) in [7, 11) is 0. The molecule has 19 heavy (non-hydrogen) atoms. The number of urea groups is 1. The highest BCUT2D eigenvalue weighted by Crippen LogP contribution is 2.25. The monoisotopic (exact) mass is 315 g/mol. The number of halogens is 3. The number of hydrogen-bond acceptors (Lipinski definition) is 2. The average molecular weight is 317 g/mol. The van der Waals surface area contributed by atoms with Crippen molar-refractivity contribution in [3.8, 4) is 0 Å². The van der Waals surface area contributed by atoms with Crippen LogP contribution in [0.2, 0.25) is 15.2 Å². The van der Waals surface area contributed by atoms with E-state index in [-0.39, 0.29) is 0 Å². The summed E-state index contributed by atoms with van der Waals surface area (Å²) in [5.74, 6) is 0. The number of carbonyl (C=O) groups excluding carboxylic acids is 1. The first kappa shape index (κ1) is 13.9. The van der Waals surface area contributed by atoms with E-state index < -0.39 is 6.03 Å². The molecular formula is C12H8Cl3N3O. The Kier molecular flexibility index (Phi) is 4.47. The van der Waals surface area contributed by atoms with Crippen molar-refractivity contribution >= 4 is 52.2 Å². The quantitative estimate of drug-likeness (QED) is 0.790. The van der Waals surface area contributed by atoms with Gasteiger partial charge in [-0.25, -0.2) is 9.78 Å². The summed E-state index contributed by atoms with van der Waals surface area (Å²) in [6, 6.07) is 7.55. The number of amides is 2. The normalized spacial score (nSPS) is 10.1. The summed E-state index contributed by atoms with van der Waals surface area (Å²) >= 11 is 17.3. The van der Waals surface area contributed by atoms with Gasteiger partial charge < -0.3 is 10.6 Å². The van der Waals surface area contributed by atoms with Gasteiger partial charge >= 0.3 is 6.03 Å². The van der Waals surface area contributed by atoms with Gasteiger partial charge in [0.25, 0.3) is 0 Å². The van der Waals surface area contributed by atoms with E-state index in [1.54, 1.807) is 24.3 Å². The first-order chi connectivity index (χ1) is 9.04. The summed E-state index contributed by atoms with van der Waals surface area (Å²) in [5, 5.41) is 6.33. The van der Waals surface area contributed by atoms with Gasteiger partial charge in [0.15, 0.2) is 0 Å². The number of rotatable bonds is 2. The van der Waals surface area contributed by atoms with E-state index in [0.717, 1.165) is 0 Å². The zero-order valence-electron chi connectivity index (χ0n) is 9.45. The SMILES string of the molecule is O=C(Nc1ccnc(Cl)c1)Nc1ccc(Cl)c(Cl)c1. The summed E-state index contributed by atoms with van der Waals surface area (Å²) in [6.45, 7) is 0. The second-order valence-electron chi connectivity index (χ2n) is 3.58. The maximum Gasteiger partial charge on any atom is 0.323 e. The minimum Gasteiger partial charge on any atom is -0.308 e. The van der Waals surface area contributed by atoms with Crippen LogP contribution < -0.4 is 10.6 Å². The number of benzene rings is 1. The molecule has 1 aromatic carbocycles. The number of anilines is 2. The van der Waals surface area contributed by atoms with Crippen molar-refractivity contribution in [2.45, 2.75) is 0 Å². The fourth-order valence-electron chi connectivity index (χ4n) is 1.35. The van der Waals surface area contributed by atoms with Crippen LogP contribution >= 0.6 is 34.8 Å². The van der Waals surface area contributed by atoms with Gasteiger partial charge in [0.05, 0.1) is 10.0 Å². The fourth-order valence-corrected chi connectivity index (χ4v) is 1.82. The Morgan fingerprint density at radius 2 is 1.63 bits per heavy atom. The number of carbonyl (C=O) groups is 1. The minimum atomic E-state index is -0.416. The van der Waals surface area contributed by atoms with E-state index in [1.807, 2.05) is 0 Å². The van der Waals surface area contributed by atoms with Gasteiger partial charge in [0, 0.05) is 17.6 Å². The average Bonchev–Trinajstić information content (AvgIpc) is 2.34. The Morgan fingerprint density at radius 3 is 2.26 bits per heavy atom. The van der Waals surface area contributed by atoms with E-state index in [4.69, 9.17) is 34.8 Å². The van der Waals surface area contributed by atoms with E-state index >= 15 is 0 Å². The second-order valence-corrected chi connectivity index (χ2v) is 4.78. The number of nitrogens with zero attached hydrogens (tertiary/aromatic N) is 1. The summed E-state index contributed by atoms with van der Waals surface area (Å²) in [6.07, 6.45) is 1.50. The van der Waals surface area contributed by atoms with Crippen LogP contribution in [0.3, 0.4) is 0 Å². The van der Waals surface area contributed by atoms with Crippen molar-refractivity contribution in [2.24, 2.45) is 0 Å². The lowest BCUT2D eigenvalue weighted by molar-refractivity contribution is 0.262. The predicted octanol–water partition coefficient (Wildman–Crippen LogP) is 4.69. The molecule has 0 aliphatic carbocycles. The zero-order chi connectivity index (χ0) is 13.8. The van der Waals surface area contributed by atoms with Crippen LogP contribution in [0.25, 0.3) is 0 Å². The topological polar surface area (TPSA) is 54.0 Å². The highest BCUT2D eigenvalue weighted by atomic mass is 35.5. The lowest BCUT2D eigenvalue weighted by Gasteiger charge is -2.08. The molecule has 2 amide bonds. The summed E-state index contributed by atoms with van der Waals surface area (Å²) in [5.41, 5.74) is 1.07. The minimum absolute atomic E-state index is 0.298. The Labute approximate surface area is 124 Å². The number of hydrogen-bond donors (Lipinski definition) is 2. The van der Waals surface area contributed by atoms with Crippen molar-refractivity contribution in [1.82, 2.24) is 4.98 Å². The van der Waals surface area contributed by atoms with Gasteiger partial charge in [0.1, 0.15) is 5.15 Å². The molecule has 2 rings (SSSR count). The molecule has 0 saturated heterocycles. The van der Waals surface area contributed by atoms with Gasteiger partial charge in [-0.2, -0.15) is 0 Å². The molecule has 7 heteroatoms. The molecule has 2 aromatic rings. The molecule has 0 radical (unpaired) electrons. The third-order valence-electron chi connectivity index (χ3n) is 2.16. The van der Waals surface area contributed by atoms with Crippen LogP contribution in [0.4, 0.5) is 16.2 Å². The molecule has 1 aromatic heterocycles. The van der Waals surface area contributed by atoms with E-state index in [9.17, 15) is 4.79 Å². The number of aromatic nitrogens is 1. The largest absolute Gasteiger partial charge is 0.323 e. The first-order valence-electron chi connectivity index (χ1n) is 5.19. The Morgan fingerprint density at radius 1 is 0.947 bits per heavy atom.